The molecule has 0 aliphatic carbocycles. The van der Waals surface area contributed by atoms with Gasteiger partial charge in [-0.25, -0.2) is 4.39 Å². The molecule has 0 amide bonds. The molecule has 2 aliphatic heterocycles. The fourth-order valence-electron chi connectivity index (χ4n) is 3.67. The first-order chi connectivity index (χ1) is 12.1. The zero-order chi connectivity index (χ0) is 17.4. The SMILES string of the molecule is O=C(O)C1CCCN1C(c1ccc(F)cc1)c1ccc2c(c1)OCO2. The van der Waals surface area contributed by atoms with Gasteiger partial charge in [-0.3, -0.25) is 9.69 Å². The molecule has 1 fully saturated rings. The molecule has 1 saturated heterocycles. The van der Waals surface area contributed by atoms with E-state index in [1.54, 1.807) is 12.1 Å². The van der Waals surface area contributed by atoms with Gasteiger partial charge in [0.1, 0.15) is 11.9 Å². The Balaban J connectivity index is 1.78. The molecule has 0 bridgehead atoms. The standard InChI is InChI=1S/C19H18FNO4/c20-14-6-3-12(4-7-14)18(21-9-1-2-15(21)19(22)23)13-5-8-16-17(10-13)25-11-24-16/h3-8,10,15,18H,1-2,9,11H2,(H,22,23). The molecule has 2 atom stereocenters. The van der Waals surface area contributed by atoms with E-state index in [0.29, 0.717) is 24.5 Å². The number of hydrogen-bond acceptors (Lipinski definition) is 4. The molecular formula is C19H18FNO4. The van der Waals surface area contributed by atoms with Crippen LogP contribution in [-0.2, 0) is 4.79 Å². The lowest BCUT2D eigenvalue weighted by Gasteiger charge is -2.32. The Bertz CT molecular complexity index is 793. The maximum atomic E-state index is 13.4. The molecule has 2 unspecified atom stereocenters. The minimum Gasteiger partial charge on any atom is -0.480 e. The van der Waals surface area contributed by atoms with Gasteiger partial charge in [0.2, 0.25) is 6.79 Å². The quantitative estimate of drug-likeness (QED) is 0.924. The molecule has 0 radical (unpaired) electrons. The molecule has 2 heterocycles. The molecule has 5 nitrogen and oxygen atoms in total. The minimum atomic E-state index is -0.828. The smallest absolute Gasteiger partial charge is 0.320 e. The lowest BCUT2D eigenvalue weighted by Crippen LogP contribution is -2.39. The molecule has 25 heavy (non-hydrogen) atoms. The van der Waals surface area contributed by atoms with Gasteiger partial charge in [0, 0.05) is 6.54 Å². The molecule has 2 aromatic carbocycles. The number of likely N-dealkylation sites (tertiary alicyclic amines) is 1. The van der Waals surface area contributed by atoms with Crippen molar-refractivity contribution >= 4 is 5.97 Å². The normalized spacial score (nSPS) is 20.6. The zero-order valence-corrected chi connectivity index (χ0v) is 13.5. The van der Waals surface area contributed by atoms with Crippen molar-refractivity contribution in [2.75, 3.05) is 13.3 Å². The molecule has 0 aromatic heterocycles. The van der Waals surface area contributed by atoms with Gasteiger partial charge in [0.05, 0.1) is 6.04 Å². The average Bonchev–Trinajstić information content (AvgIpc) is 3.25. The van der Waals surface area contributed by atoms with Crippen LogP contribution in [-0.4, -0.2) is 35.4 Å². The number of halogens is 1. The Labute approximate surface area is 144 Å². The van der Waals surface area contributed by atoms with Crippen LogP contribution in [0, 0.1) is 5.82 Å². The summed E-state index contributed by atoms with van der Waals surface area (Å²) in [5, 5.41) is 9.58. The summed E-state index contributed by atoms with van der Waals surface area (Å²) in [6, 6.07) is 11.0. The van der Waals surface area contributed by atoms with E-state index >= 15 is 0 Å². The Kier molecular flexibility index (Phi) is 4.05. The van der Waals surface area contributed by atoms with Gasteiger partial charge in [-0.2, -0.15) is 0 Å². The molecule has 1 N–H and O–H groups in total. The van der Waals surface area contributed by atoms with Crippen LogP contribution in [0.3, 0.4) is 0 Å². The third kappa shape index (κ3) is 2.93. The van der Waals surface area contributed by atoms with Crippen molar-refractivity contribution in [3.8, 4) is 11.5 Å². The fraction of sp³-hybridized carbons (Fsp3) is 0.316. The van der Waals surface area contributed by atoms with E-state index in [1.165, 1.54) is 12.1 Å². The number of aliphatic carboxylic acids is 1. The van der Waals surface area contributed by atoms with E-state index in [2.05, 4.69) is 0 Å². The van der Waals surface area contributed by atoms with Crippen LogP contribution in [0.2, 0.25) is 0 Å². The second-order valence-electron chi connectivity index (χ2n) is 6.30. The Morgan fingerprint density at radius 3 is 2.60 bits per heavy atom. The highest BCUT2D eigenvalue weighted by Gasteiger charge is 2.37. The van der Waals surface area contributed by atoms with Gasteiger partial charge < -0.3 is 14.6 Å². The van der Waals surface area contributed by atoms with Crippen LogP contribution in [0.15, 0.2) is 42.5 Å². The van der Waals surface area contributed by atoms with E-state index in [0.717, 1.165) is 17.5 Å². The van der Waals surface area contributed by atoms with E-state index in [4.69, 9.17) is 9.47 Å². The topological polar surface area (TPSA) is 59.0 Å². The first kappa shape index (κ1) is 15.9. The highest BCUT2D eigenvalue weighted by molar-refractivity contribution is 5.74. The minimum absolute atomic E-state index is 0.182. The number of carboxylic acids is 1. The number of nitrogens with zero attached hydrogens (tertiary/aromatic N) is 1. The average molecular weight is 343 g/mol. The van der Waals surface area contributed by atoms with E-state index in [9.17, 15) is 14.3 Å². The van der Waals surface area contributed by atoms with E-state index < -0.39 is 12.0 Å². The van der Waals surface area contributed by atoms with E-state index in [1.807, 2.05) is 23.1 Å². The van der Waals surface area contributed by atoms with Crippen LogP contribution < -0.4 is 9.47 Å². The summed E-state index contributed by atoms with van der Waals surface area (Å²) in [6.07, 6.45) is 1.43. The maximum absolute atomic E-state index is 13.4. The molecule has 2 aliphatic rings. The Morgan fingerprint density at radius 2 is 1.84 bits per heavy atom. The van der Waals surface area contributed by atoms with Crippen LogP contribution in [0.25, 0.3) is 0 Å². The number of fused-ring (bicyclic) bond motifs is 1. The van der Waals surface area contributed by atoms with Crippen molar-refractivity contribution < 1.29 is 23.8 Å². The van der Waals surface area contributed by atoms with Gasteiger partial charge in [-0.05, 0) is 48.2 Å². The number of rotatable bonds is 4. The first-order valence-corrected chi connectivity index (χ1v) is 8.27. The van der Waals surface area contributed by atoms with Crippen LogP contribution in [0.1, 0.15) is 30.0 Å². The summed E-state index contributed by atoms with van der Waals surface area (Å²) in [4.78, 5) is 13.6. The van der Waals surface area contributed by atoms with Gasteiger partial charge >= 0.3 is 5.97 Å². The third-order valence-electron chi connectivity index (χ3n) is 4.81. The summed E-state index contributed by atoms with van der Waals surface area (Å²) >= 11 is 0. The molecule has 0 spiro atoms. The second-order valence-corrected chi connectivity index (χ2v) is 6.30. The second kappa shape index (κ2) is 6.37. The molecule has 0 saturated carbocycles. The lowest BCUT2D eigenvalue weighted by atomic mass is 9.96. The number of hydrogen-bond donors (Lipinski definition) is 1. The van der Waals surface area contributed by atoms with Crippen molar-refractivity contribution in [3.63, 3.8) is 0 Å². The van der Waals surface area contributed by atoms with Gasteiger partial charge in [0.25, 0.3) is 0 Å². The molecule has 2 aromatic rings. The molecular weight excluding hydrogens is 325 g/mol. The van der Waals surface area contributed by atoms with Gasteiger partial charge in [-0.1, -0.05) is 18.2 Å². The highest BCUT2D eigenvalue weighted by atomic mass is 19.1. The predicted octanol–water partition coefficient (Wildman–Crippen LogP) is 3.19. The van der Waals surface area contributed by atoms with Crippen molar-refractivity contribution in [1.29, 1.82) is 0 Å². The molecule has 6 heteroatoms. The summed E-state index contributed by atoms with van der Waals surface area (Å²) in [7, 11) is 0. The van der Waals surface area contributed by atoms with Crippen LogP contribution >= 0.6 is 0 Å². The molecule has 130 valence electrons. The molecule has 4 rings (SSSR count). The monoisotopic (exact) mass is 343 g/mol. The fourth-order valence-corrected chi connectivity index (χ4v) is 3.67. The Morgan fingerprint density at radius 1 is 1.12 bits per heavy atom. The first-order valence-electron chi connectivity index (χ1n) is 8.27. The van der Waals surface area contributed by atoms with Crippen LogP contribution in [0.4, 0.5) is 4.39 Å². The van der Waals surface area contributed by atoms with Gasteiger partial charge in [-0.15, -0.1) is 0 Å². The third-order valence-corrected chi connectivity index (χ3v) is 4.81. The van der Waals surface area contributed by atoms with Crippen LogP contribution in [0.5, 0.6) is 11.5 Å². The largest absolute Gasteiger partial charge is 0.480 e. The zero-order valence-electron chi connectivity index (χ0n) is 13.5. The highest BCUT2D eigenvalue weighted by Crippen LogP contribution is 2.40. The lowest BCUT2D eigenvalue weighted by molar-refractivity contribution is -0.142. The maximum Gasteiger partial charge on any atom is 0.320 e. The summed E-state index contributed by atoms with van der Waals surface area (Å²) in [6.45, 7) is 0.856. The summed E-state index contributed by atoms with van der Waals surface area (Å²) in [5.74, 6) is 0.184. The summed E-state index contributed by atoms with van der Waals surface area (Å²) in [5.41, 5.74) is 1.76. The van der Waals surface area contributed by atoms with Crippen molar-refractivity contribution in [2.24, 2.45) is 0 Å². The van der Waals surface area contributed by atoms with Crippen molar-refractivity contribution in [2.45, 2.75) is 24.9 Å². The number of benzene rings is 2. The number of carbonyl (C=O) groups is 1. The number of carboxylic acid groups (broad SMARTS) is 1. The van der Waals surface area contributed by atoms with Gasteiger partial charge in [0.15, 0.2) is 11.5 Å². The van der Waals surface area contributed by atoms with Crippen molar-refractivity contribution in [1.82, 2.24) is 4.90 Å². The van der Waals surface area contributed by atoms with Crippen molar-refractivity contribution in [3.05, 3.63) is 59.4 Å². The predicted molar refractivity (Wildman–Crippen MR) is 88.2 cm³/mol. The van der Waals surface area contributed by atoms with E-state index in [-0.39, 0.29) is 18.7 Å². The summed E-state index contributed by atoms with van der Waals surface area (Å²) < 4.78 is 24.2. The number of ether oxygens (including phenoxy) is 2. The Hall–Kier alpha value is -2.60.